The van der Waals surface area contributed by atoms with E-state index in [0.29, 0.717) is 5.95 Å². The highest BCUT2D eigenvalue weighted by atomic mass is 16.7. The lowest BCUT2D eigenvalue weighted by Crippen LogP contribution is -2.46. The van der Waals surface area contributed by atoms with E-state index in [1.165, 1.54) is 5.69 Å². The van der Waals surface area contributed by atoms with Crippen LogP contribution in [0.4, 0.5) is 23.1 Å². The van der Waals surface area contributed by atoms with Gasteiger partial charge in [0.1, 0.15) is 5.82 Å². The molecule has 2 aliphatic rings. The minimum atomic E-state index is 0.264. The first-order valence-electron chi connectivity index (χ1n) is 9.40. The van der Waals surface area contributed by atoms with Crippen LogP contribution in [-0.4, -0.2) is 42.9 Å². The molecule has 2 aliphatic heterocycles. The van der Waals surface area contributed by atoms with Crippen molar-refractivity contribution in [1.82, 2.24) is 9.97 Å². The Hall–Kier alpha value is -3.48. The van der Waals surface area contributed by atoms with Gasteiger partial charge in [-0.3, -0.25) is 0 Å². The fourth-order valence-electron chi connectivity index (χ4n) is 3.52. The minimum absolute atomic E-state index is 0.264. The van der Waals surface area contributed by atoms with Crippen LogP contribution in [0.3, 0.4) is 0 Å². The van der Waals surface area contributed by atoms with E-state index in [2.05, 4.69) is 50.4 Å². The fourth-order valence-corrected chi connectivity index (χ4v) is 3.52. The summed E-state index contributed by atoms with van der Waals surface area (Å²) in [5.74, 6) is 3.00. The summed E-state index contributed by atoms with van der Waals surface area (Å²) in [6.45, 7) is 4.06. The van der Waals surface area contributed by atoms with Crippen LogP contribution in [0.1, 0.15) is 0 Å². The van der Waals surface area contributed by atoms with Gasteiger partial charge >= 0.3 is 0 Å². The molecule has 1 fully saturated rings. The summed E-state index contributed by atoms with van der Waals surface area (Å²) < 4.78 is 10.8. The zero-order chi connectivity index (χ0) is 18.8. The molecule has 7 heteroatoms. The van der Waals surface area contributed by atoms with Crippen LogP contribution in [0.25, 0.3) is 0 Å². The van der Waals surface area contributed by atoms with Gasteiger partial charge in [0.2, 0.25) is 12.7 Å². The molecule has 0 aliphatic carbocycles. The molecule has 0 atom stereocenters. The second-order valence-electron chi connectivity index (χ2n) is 6.74. The molecule has 1 saturated heterocycles. The normalized spacial score (nSPS) is 15.6. The van der Waals surface area contributed by atoms with Crippen molar-refractivity contribution in [2.75, 3.05) is 48.1 Å². The topological polar surface area (TPSA) is 62.8 Å². The van der Waals surface area contributed by atoms with E-state index in [1.807, 2.05) is 24.3 Å². The summed E-state index contributed by atoms with van der Waals surface area (Å²) in [5, 5.41) is 3.25. The van der Waals surface area contributed by atoms with Gasteiger partial charge in [-0.1, -0.05) is 18.2 Å². The molecule has 1 aromatic heterocycles. The second kappa shape index (κ2) is 7.26. The first kappa shape index (κ1) is 16.7. The standard InChI is InChI=1S/C21H21N5O2/c1-2-4-17(5-3-1)25-10-12-26(13-11-25)20-8-9-22-21(24-20)23-16-6-7-18-19(14-16)28-15-27-18/h1-9,14H,10-13,15H2,(H,22,23,24). The molecule has 0 saturated carbocycles. The second-order valence-corrected chi connectivity index (χ2v) is 6.74. The quantitative estimate of drug-likeness (QED) is 0.751. The largest absolute Gasteiger partial charge is 0.454 e. The van der Waals surface area contributed by atoms with E-state index in [9.17, 15) is 0 Å². The highest BCUT2D eigenvalue weighted by molar-refractivity contribution is 5.61. The molecule has 0 spiro atoms. The number of fused-ring (bicyclic) bond motifs is 1. The smallest absolute Gasteiger partial charge is 0.231 e. The Morgan fingerprint density at radius 2 is 1.61 bits per heavy atom. The fraction of sp³-hybridized carbons (Fsp3) is 0.238. The molecule has 1 N–H and O–H groups in total. The number of nitrogens with zero attached hydrogens (tertiary/aromatic N) is 4. The van der Waals surface area contributed by atoms with E-state index >= 15 is 0 Å². The van der Waals surface area contributed by atoms with Crippen LogP contribution in [-0.2, 0) is 0 Å². The van der Waals surface area contributed by atoms with Gasteiger partial charge in [0.05, 0.1) is 0 Å². The van der Waals surface area contributed by atoms with Crippen molar-refractivity contribution >= 4 is 23.1 Å². The van der Waals surface area contributed by atoms with Crippen molar-refractivity contribution in [3.63, 3.8) is 0 Å². The predicted octanol–water partition coefficient (Wildman–Crippen LogP) is 3.28. The SMILES string of the molecule is c1ccc(N2CCN(c3ccnc(Nc4ccc5c(c4)OCO5)n3)CC2)cc1. The highest BCUT2D eigenvalue weighted by Crippen LogP contribution is 2.34. The Kier molecular flexibility index (Phi) is 4.33. The van der Waals surface area contributed by atoms with E-state index in [0.717, 1.165) is 49.2 Å². The minimum Gasteiger partial charge on any atom is -0.454 e. The summed E-state index contributed by atoms with van der Waals surface area (Å²) in [4.78, 5) is 13.8. The van der Waals surface area contributed by atoms with Crippen molar-refractivity contribution in [1.29, 1.82) is 0 Å². The molecule has 0 amide bonds. The Balaban J connectivity index is 1.26. The number of benzene rings is 2. The summed E-state index contributed by atoms with van der Waals surface area (Å²) >= 11 is 0. The van der Waals surface area contributed by atoms with Crippen LogP contribution in [0.5, 0.6) is 11.5 Å². The third kappa shape index (κ3) is 3.38. The van der Waals surface area contributed by atoms with Crippen molar-refractivity contribution in [2.24, 2.45) is 0 Å². The zero-order valence-corrected chi connectivity index (χ0v) is 15.4. The average Bonchev–Trinajstić information content (AvgIpc) is 3.23. The number of para-hydroxylation sites is 1. The molecule has 0 bridgehead atoms. The highest BCUT2D eigenvalue weighted by Gasteiger charge is 2.19. The van der Waals surface area contributed by atoms with Crippen LogP contribution in [0.15, 0.2) is 60.8 Å². The zero-order valence-electron chi connectivity index (χ0n) is 15.4. The van der Waals surface area contributed by atoms with E-state index in [-0.39, 0.29) is 6.79 Å². The summed E-state index contributed by atoms with van der Waals surface area (Å²) in [6.07, 6.45) is 1.79. The van der Waals surface area contributed by atoms with Gasteiger partial charge in [-0.25, -0.2) is 4.98 Å². The predicted molar refractivity (Wildman–Crippen MR) is 109 cm³/mol. The lowest BCUT2D eigenvalue weighted by Gasteiger charge is -2.36. The number of piperazine rings is 1. The van der Waals surface area contributed by atoms with Crippen LogP contribution in [0, 0.1) is 0 Å². The maximum atomic E-state index is 5.43. The number of ether oxygens (including phenoxy) is 2. The monoisotopic (exact) mass is 375 g/mol. The Bertz CT molecular complexity index is 958. The molecule has 5 rings (SSSR count). The number of rotatable bonds is 4. The van der Waals surface area contributed by atoms with Gasteiger partial charge in [0.25, 0.3) is 0 Å². The van der Waals surface area contributed by atoms with Gasteiger partial charge in [-0.05, 0) is 30.3 Å². The molecule has 0 radical (unpaired) electrons. The number of hydrogen-bond donors (Lipinski definition) is 1. The van der Waals surface area contributed by atoms with Crippen molar-refractivity contribution in [2.45, 2.75) is 0 Å². The number of hydrogen-bond acceptors (Lipinski definition) is 7. The summed E-state index contributed by atoms with van der Waals surface area (Å²) in [6, 6.07) is 18.2. The third-order valence-electron chi connectivity index (χ3n) is 4.99. The van der Waals surface area contributed by atoms with E-state index in [1.54, 1.807) is 6.20 Å². The van der Waals surface area contributed by atoms with Gasteiger partial charge < -0.3 is 24.6 Å². The number of aromatic nitrogens is 2. The average molecular weight is 375 g/mol. The maximum Gasteiger partial charge on any atom is 0.231 e. The number of anilines is 4. The van der Waals surface area contributed by atoms with Crippen molar-refractivity contribution in [3.8, 4) is 11.5 Å². The van der Waals surface area contributed by atoms with Gasteiger partial charge in [-0.15, -0.1) is 0 Å². The van der Waals surface area contributed by atoms with E-state index in [4.69, 9.17) is 14.5 Å². The molecular weight excluding hydrogens is 354 g/mol. The lowest BCUT2D eigenvalue weighted by atomic mass is 10.2. The summed E-state index contributed by atoms with van der Waals surface area (Å²) in [7, 11) is 0. The number of nitrogens with one attached hydrogen (secondary N) is 1. The first-order valence-corrected chi connectivity index (χ1v) is 9.40. The maximum absolute atomic E-state index is 5.43. The van der Waals surface area contributed by atoms with E-state index < -0.39 is 0 Å². The lowest BCUT2D eigenvalue weighted by molar-refractivity contribution is 0.174. The molecule has 0 unspecified atom stereocenters. The van der Waals surface area contributed by atoms with Crippen LogP contribution in [0.2, 0.25) is 0 Å². The molecule has 3 heterocycles. The third-order valence-corrected chi connectivity index (χ3v) is 4.99. The molecule has 142 valence electrons. The van der Waals surface area contributed by atoms with Gasteiger partial charge in [-0.2, -0.15) is 4.98 Å². The van der Waals surface area contributed by atoms with Crippen molar-refractivity contribution < 1.29 is 9.47 Å². The van der Waals surface area contributed by atoms with Crippen LogP contribution >= 0.6 is 0 Å². The molecule has 2 aromatic carbocycles. The Labute approximate surface area is 163 Å². The Morgan fingerprint density at radius 1 is 0.821 bits per heavy atom. The molecule has 3 aromatic rings. The molecule has 7 nitrogen and oxygen atoms in total. The molecule has 28 heavy (non-hydrogen) atoms. The first-order chi connectivity index (χ1) is 13.8. The van der Waals surface area contributed by atoms with Crippen molar-refractivity contribution in [3.05, 3.63) is 60.8 Å². The Morgan fingerprint density at radius 3 is 2.46 bits per heavy atom. The van der Waals surface area contributed by atoms with Gasteiger partial charge in [0, 0.05) is 49.8 Å². The van der Waals surface area contributed by atoms with Gasteiger partial charge in [0.15, 0.2) is 11.5 Å². The van der Waals surface area contributed by atoms with Crippen LogP contribution < -0.4 is 24.6 Å². The molecular formula is C21H21N5O2. The summed E-state index contributed by atoms with van der Waals surface area (Å²) in [5.41, 5.74) is 2.14.